The highest BCUT2D eigenvalue weighted by Crippen LogP contribution is 2.30. The van der Waals surface area contributed by atoms with Crippen LogP contribution in [0, 0.1) is 5.82 Å². The zero-order valence-electron chi connectivity index (χ0n) is 24.6. The van der Waals surface area contributed by atoms with E-state index in [9.17, 15) is 14.0 Å². The predicted octanol–water partition coefficient (Wildman–Crippen LogP) is 8.03. The fourth-order valence-corrected chi connectivity index (χ4v) is 6.20. The second-order valence-electron chi connectivity index (χ2n) is 11.6. The molecular formula is C37H33ClFN3O2. The van der Waals surface area contributed by atoms with E-state index in [1.165, 1.54) is 24.6 Å². The van der Waals surface area contributed by atoms with Crippen LogP contribution in [0.3, 0.4) is 0 Å². The highest BCUT2D eigenvalue weighted by molar-refractivity contribution is 6.30. The van der Waals surface area contributed by atoms with E-state index in [-0.39, 0.29) is 23.9 Å². The molecule has 1 aliphatic rings. The Bertz CT molecular complexity index is 1820. The van der Waals surface area contributed by atoms with E-state index in [4.69, 9.17) is 21.6 Å². The molecule has 0 unspecified atom stereocenters. The minimum atomic E-state index is -0.364. The van der Waals surface area contributed by atoms with Crippen LogP contribution in [0.5, 0.6) is 0 Å². The van der Waals surface area contributed by atoms with Gasteiger partial charge in [-0.1, -0.05) is 60.1 Å². The van der Waals surface area contributed by atoms with Crippen LogP contribution in [0.4, 0.5) is 4.39 Å². The fraction of sp³-hybridized carbons (Fsp3) is 0.243. The number of benzene rings is 4. The Kier molecular flexibility index (Phi) is 8.80. The van der Waals surface area contributed by atoms with Gasteiger partial charge < -0.3 is 4.90 Å². The summed E-state index contributed by atoms with van der Waals surface area (Å²) in [5.41, 5.74) is 7.02. The number of piperidine rings is 1. The number of nitrogens with zero attached hydrogens (tertiary/aromatic N) is 3. The molecule has 1 aromatic heterocycles. The first kappa shape index (κ1) is 29.6. The van der Waals surface area contributed by atoms with Gasteiger partial charge in [-0.2, -0.15) is 0 Å². The molecule has 7 heteroatoms. The lowest BCUT2D eigenvalue weighted by Crippen LogP contribution is -2.37. The number of hydrogen-bond acceptors (Lipinski definition) is 4. The smallest absolute Gasteiger partial charge is 0.253 e. The molecule has 44 heavy (non-hydrogen) atoms. The lowest BCUT2D eigenvalue weighted by atomic mass is 9.89. The van der Waals surface area contributed by atoms with Gasteiger partial charge in [-0.25, -0.2) is 14.4 Å². The van der Waals surface area contributed by atoms with Gasteiger partial charge in [0.25, 0.3) is 5.91 Å². The zero-order valence-corrected chi connectivity index (χ0v) is 25.4. The number of rotatable bonds is 8. The molecule has 0 radical (unpaired) electrons. The highest BCUT2D eigenvalue weighted by atomic mass is 35.5. The summed E-state index contributed by atoms with van der Waals surface area (Å²) in [5, 5.41) is 0.623. The molecular weight excluding hydrogens is 573 g/mol. The summed E-state index contributed by atoms with van der Waals surface area (Å²) >= 11 is 6.16. The van der Waals surface area contributed by atoms with Crippen LogP contribution in [0.25, 0.3) is 22.3 Å². The van der Waals surface area contributed by atoms with Crippen molar-refractivity contribution in [2.75, 3.05) is 13.1 Å². The lowest BCUT2D eigenvalue weighted by molar-refractivity contribution is -0.116. The normalized spacial score (nSPS) is 13.8. The highest BCUT2D eigenvalue weighted by Gasteiger charge is 2.25. The van der Waals surface area contributed by atoms with Crippen molar-refractivity contribution in [2.45, 2.75) is 44.9 Å². The number of Topliss-reactive ketones (excluding diaryl/α,β-unsaturated/α-hetero) is 1. The maximum absolute atomic E-state index is 14.4. The van der Waals surface area contributed by atoms with E-state index in [1.807, 2.05) is 59.5 Å². The van der Waals surface area contributed by atoms with E-state index in [1.54, 1.807) is 0 Å². The fourth-order valence-electron chi connectivity index (χ4n) is 6.07. The third-order valence-electron chi connectivity index (χ3n) is 8.28. The third-order valence-corrected chi connectivity index (χ3v) is 8.53. The average molecular weight is 606 g/mol. The van der Waals surface area contributed by atoms with E-state index < -0.39 is 0 Å². The maximum Gasteiger partial charge on any atom is 0.253 e. The van der Waals surface area contributed by atoms with Crippen LogP contribution < -0.4 is 0 Å². The van der Waals surface area contributed by atoms with Gasteiger partial charge in [0.15, 0.2) is 0 Å². The van der Waals surface area contributed by atoms with E-state index in [2.05, 4.69) is 24.3 Å². The minimum Gasteiger partial charge on any atom is -0.339 e. The summed E-state index contributed by atoms with van der Waals surface area (Å²) in [6, 6.07) is 28.2. The molecule has 0 spiro atoms. The number of likely N-dealkylation sites (tertiary alicyclic amines) is 1. The van der Waals surface area contributed by atoms with E-state index in [0.29, 0.717) is 59.0 Å². The van der Waals surface area contributed by atoms with Crippen molar-refractivity contribution in [3.63, 3.8) is 0 Å². The Morgan fingerprint density at radius 1 is 0.841 bits per heavy atom. The van der Waals surface area contributed by atoms with E-state index >= 15 is 0 Å². The second-order valence-corrected chi connectivity index (χ2v) is 12.0. The van der Waals surface area contributed by atoms with Crippen LogP contribution in [-0.2, 0) is 24.1 Å². The molecule has 0 N–H and O–H groups in total. The molecule has 1 fully saturated rings. The van der Waals surface area contributed by atoms with Crippen molar-refractivity contribution in [1.29, 1.82) is 0 Å². The van der Waals surface area contributed by atoms with Crippen molar-refractivity contribution in [3.05, 3.63) is 130 Å². The first-order valence-corrected chi connectivity index (χ1v) is 15.4. The molecule has 1 aliphatic heterocycles. The van der Waals surface area contributed by atoms with Gasteiger partial charge >= 0.3 is 0 Å². The Labute approximate surface area is 261 Å². The zero-order chi connectivity index (χ0) is 30.6. The van der Waals surface area contributed by atoms with Crippen LogP contribution in [0.15, 0.2) is 91.0 Å². The number of carbonyl (C=O) groups excluding carboxylic acids is 2. The standard InChI is InChI=1S/C37H33ClFN3O2/c1-24(43)19-26-20-25(21-32(39)22-26)7-13-34-36(29-8-11-31(38)12-9-29)41-33-14-10-30(23-35(33)40-34)37(44)42-17-15-28(16-18-42)27-5-3-2-4-6-27/h2-6,8-12,14,20-23,28H,7,13,15-19H2,1H3. The molecule has 1 amide bonds. The number of amides is 1. The van der Waals surface area contributed by atoms with Gasteiger partial charge in [0.2, 0.25) is 0 Å². The van der Waals surface area contributed by atoms with Crippen LogP contribution in [0.1, 0.15) is 58.4 Å². The topological polar surface area (TPSA) is 63.2 Å². The molecule has 0 bridgehead atoms. The molecule has 5 nitrogen and oxygen atoms in total. The van der Waals surface area contributed by atoms with Crippen molar-refractivity contribution in [1.82, 2.24) is 14.9 Å². The summed E-state index contributed by atoms with van der Waals surface area (Å²) in [4.78, 5) is 37.1. The molecule has 0 saturated carbocycles. The Morgan fingerprint density at radius 3 is 2.30 bits per heavy atom. The van der Waals surface area contributed by atoms with Gasteiger partial charge in [-0.05, 0) is 97.7 Å². The number of carbonyl (C=O) groups is 2. The Balaban J connectivity index is 1.27. The number of aryl methyl sites for hydroxylation is 2. The van der Waals surface area contributed by atoms with E-state index in [0.717, 1.165) is 35.4 Å². The summed E-state index contributed by atoms with van der Waals surface area (Å²) in [6.07, 6.45) is 3.07. The first-order valence-electron chi connectivity index (χ1n) is 15.0. The predicted molar refractivity (Wildman–Crippen MR) is 172 cm³/mol. The van der Waals surface area contributed by atoms with Gasteiger partial charge in [-0.3, -0.25) is 9.59 Å². The van der Waals surface area contributed by atoms with Crippen LogP contribution >= 0.6 is 11.6 Å². The monoisotopic (exact) mass is 605 g/mol. The summed E-state index contributed by atoms with van der Waals surface area (Å²) in [5.74, 6) is 0.0876. The third kappa shape index (κ3) is 6.87. The number of aromatic nitrogens is 2. The number of ketones is 1. The molecule has 0 aliphatic carbocycles. The lowest BCUT2D eigenvalue weighted by Gasteiger charge is -2.32. The van der Waals surface area contributed by atoms with Gasteiger partial charge in [0.05, 0.1) is 22.4 Å². The largest absolute Gasteiger partial charge is 0.339 e. The minimum absolute atomic E-state index is 0.00120. The molecule has 222 valence electrons. The number of halogens is 2. The van der Waals surface area contributed by atoms with Gasteiger partial charge in [0.1, 0.15) is 11.6 Å². The average Bonchev–Trinajstić information content (AvgIpc) is 3.03. The van der Waals surface area contributed by atoms with Crippen LogP contribution in [0.2, 0.25) is 5.02 Å². The molecule has 1 saturated heterocycles. The van der Waals surface area contributed by atoms with Gasteiger partial charge in [0, 0.05) is 35.7 Å². The summed E-state index contributed by atoms with van der Waals surface area (Å²) in [7, 11) is 0. The van der Waals surface area contributed by atoms with Crippen molar-refractivity contribution < 1.29 is 14.0 Å². The molecule has 4 aromatic carbocycles. The maximum atomic E-state index is 14.4. The molecule has 2 heterocycles. The second kappa shape index (κ2) is 13.1. The number of fused-ring (bicyclic) bond motifs is 1. The molecule has 0 atom stereocenters. The SMILES string of the molecule is CC(=O)Cc1cc(F)cc(CCc2nc3cc(C(=O)N4CCC(c5ccccc5)CC4)ccc3nc2-c2ccc(Cl)cc2)c1. The van der Waals surface area contributed by atoms with Gasteiger partial charge in [-0.15, -0.1) is 0 Å². The van der Waals surface area contributed by atoms with Crippen LogP contribution in [-0.4, -0.2) is 39.6 Å². The molecule has 5 aromatic rings. The van der Waals surface area contributed by atoms with Crippen molar-refractivity contribution in [3.8, 4) is 11.3 Å². The van der Waals surface area contributed by atoms with Crippen molar-refractivity contribution in [2.24, 2.45) is 0 Å². The Morgan fingerprint density at radius 2 is 1.57 bits per heavy atom. The quantitative estimate of drug-likeness (QED) is 0.180. The summed E-state index contributed by atoms with van der Waals surface area (Å²) in [6.45, 7) is 2.92. The molecule has 6 rings (SSSR count). The Hall–Kier alpha value is -4.42. The van der Waals surface area contributed by atoms with Crippen molar-refractivity contribution >= 4 is 34.3 Å². The summed E-state index contributed by atoms with van der Waals surface area (Å²) < 4.78 is 14.4. The first-order chi connectivity index (χ1) is 21.3. The number of hydrogen-bond donors (Lipinski definition) is 0.